The lowest BCUT2D eigenvalue weighted by molar-refractivity contribution is 0.363. The van der Waals surface area contributed by atoms with Gasteiger partial charge >= 0.3 is 0 Å². The van der Waals surface area contributed by atoms with Crippen molar-refractivity contribution in [3.05, 3.63) is 27.7 Å². The molecule has 17 heavy (non-hydrogen) atoms. The Morgan fingerprint density at radius 1 is 1.47 bits per heavy atom. The summed E-state index contributed by atoms with van der Waals surface area (Å²) in [6.07, 6.45) is 1.52. The highest BCUT2D eigenvalue weighted by Crippen LogP contribution is 2.55. The lowest BCUT2D eigenvalue weighted by Crippen LogP contribution is -2.33. The van der Waals surface area contributed by atoms with E-state index in [9.17, 15) is 8.78 Å². The third kappa shape index (κ3) is 1.85. The van der Waals surface area contributed by atoms with Crippen molar-refractivity contribution < 1.29 is 13.5 Å². The van der Waals surface area contributed by atoms with E-state index >= 15 is 0 Å². The molecule has 2 rings (SSSR count). The van der Waals surface area contributed by atoms with E-state index in [1.54, 1.807) is 0 Å². The van der Waals surface area contributed by atoms with Gasteiger partial charge in [-0.1, -0.05) is 0 Å². The Bertz CT molecular complexity index is 458. The maximum atomic E-state index is 14.2. The zero-order valence-electron chi connectivity index (χ0n) is 9.69. The average molecular weight is 306 g/mol. The molecule has 0 heterocycles. The van der Waals surface area contributed by atoms with Gasteiger partial charge in [0.1, 0.15) is 5.82 Å². The largest absolute Gasteiger partial charge is 0.493 e. The first-order chi connectivity index (χ1) is 7.94. The third-order valence-corrected chi connectivity index (χ3v) is 4.07. The Balaban J connectivity index is 2.67. The van der Waals surface area contributed by atoms with Crippen molar-refractivity contribution in [2.45, 2.75) is 31.2 Å². The van der Waals surface area contributed by atoms with Crippen LogP contribution in [0.25, 0.3) is 0 Å². The van der Waals surface area contributed by atoms with E-state index in [-0.39, 0.29) is 21.8 Å². The minimum atomic E-state index is -0.567. The summed E-state index contributed by atoms with van der Waals surface area (Å²) < 4.78 is 33.0. The number of rotatable bonds is 3. The van der Waals surface area contributed by atoms with Gasteiger partial charge in [-0.2, -0.15) is 0 Å². The topological polar surface area (TPSA) is 35.2 Å². The molecule has 0 radical (unpaired) electrons. The molecule has 2 N–H and O–H groups in total. The summed E-state index contributed by atoms with van der Waals surface area (Å²) >= 11 is 3.02. The normalized spacial score (nSPS) is 18.9. The van der Waals surface area contributed by atoms with Crippen LogP contribution in [0.15, 0.2) is 10.5 Å². The molecule has 1 saturated carbocycles. The zero-order valence-corrected chi connectivity index (χ0v) is 11.3. The molecule has 94 valence electrons. The minimum Gasteiger partial charge on any atom is -0.493 e. The van der Waals surface area contributed by atoms with E-state index in [0.717, 1.165) is 18.9 Å². The van der Waals surface area contributed by atoms with Crippen molar-refractivity contribution in [2.24, 2.45) is 5.73 Å². The molecule has 0 amide bonds. The van der Waals surface area contributed by atoms with Crippen LogP contribution in [-0.4, -0.2) is 13.2 Å². The number of ether oxygens (including phenoxy) is 1. The van der Waals surface area contributed by atoms with Crippen molar-refractivity contribution in [2.75, 3.05) is 7.11 Å². The summed E-state index contributed by atoms with van der Waals surface area (Å²) in [6, 6.07) is 0.842. The highest BCUT2D eigenvalue weighted by Gasteiger charge is 2.51. The summed E-state index contributed by atoms with van der Waals surface area (Å²) in [5, 5.41) is 0. The van der Waals surface area contributed by atoms with Crippen LogP contribution in [0.3, 0.4) is 0 Å². The highest BCUT2D eigenvalue weighted by atomic mass is 79.9. The number of hydrogen-bond donors (Lipinski definition) is 1. The van der Waals surface area contributed by atoms with Crippen LogP contribution in [0, 0.1) is 11.6 Å². The monoisotopic (exact) mass is 305 g/mol. The second-order valence-electron chi connectivity index (χ2n) is 4.51. The van der Waals surface area contributed by atoms with Gasteiger partial charge in [-0.3, -0.25) is 0 Å². The third-order valence-electron chi connectivity index (χ3n) is 3.49. The van der Waals surface area contributed by atoms with Gasteiger partial charge in [0, 0.05) is 17.0 Å². The SMILES string of the molecule is COc1c(F)cc(Br)c(F)c1C1(C(C)N)CC1. The predicted molar refractivity (Wildman–Crippen MR) is 65.2 cm³/mol. The van der Waals surface area contributed by atoms with Gasteiger partial charge < -0.3 is 10.5 Å². The first kappa shape index (κ1) is 12.8. The minimum absolute atomic E-state index is 0.0273. The van der Waals surface area contributed by atoms with E-state index in [1.807, 2.05) is 6.92 Å². The Morgan fingerprint density at radius 2 is 2.06 bits per heavy atom. The molecule has 5 heteroatoms. The summed E-state index contributed by atoms with van der Waals surface area (Å²) in [6.45, 7) is 1.81. The number of benzene rings is 1. The summed E-state index contributed by atoms with van der Waals surface area (Å²) in [5.74, 6) is -1.07. The Labute approximate surface area is 107 Å². The molecule has 2 nitrogen and oxygen atoms in total. The van der Waals surface area contributed by atoms with Crippen molar-refractivity contribution >= 4 is 15.9 Å². The fourth-order valence-electron chi connectivity index (χ4n) is 2.29. The first-order valence-electron chi connectivity index (χ1n) is 5.41. The van der Waals surface area contributed by atoms with Gasteiger partial charge in [-0.25, -0.2) is 8.78 Å². The van der Waals surface area contributed by atoms with Crippen molar-refractivity contribution in [1.29, 1.82) is 0 Å². The first-order valence-corrected chi connectivity index (χ1v) is 6.21. The summed E-state index contributed by atoms with van der Waals surface area (Å²) in [7, 11) is 1.34. The van der Waals surface area contributed by atoms with Crippen LogP contribution in [0.4, 0.5) is 8.78 Å². The van der Waals surface area contributed by atoms with Gasteiger partial charge in [0.25, 0.3) is 0 Å². The molecule has 1 aliphatic carbocycles. The smallest absolute Gasteiger partial charge is 0.166 e. The van der Waals surface area contributed by atoms with E-state index < -0.39 is 17.0 Å². The average Bonchev–Trinajstić information content (AvgIpc) is 3.04. The number of halogens is 3. The Hall–Kier alpha value is -0.680. The molecule has 0 spiro atoms. The van der Waals surface area contributed by atoms with Crippen LogP contribution >= 0.6 is 15.9 Å². The highest BCUT2D eigenvalue weighted by molar-refractivity contribution is 9.10. The van der Waals surface area contributed by atoms with E-state index in [4.69, 9.17) is 10.5 Å². The van der Waals surface area contributed by atoms with Gasteiger partial charge in [-0.05, 0) is 41.8 Å². The molecule has 1 aliphatic rings. The Morgan fingerprint density at radius 3 is 2.47 bits per heavy atom. The molecule has 1 aromatic carbocycles. The van der Waals surface area contributed by atoms with Crippen molar-refractivity contribution in [3.63, 3.8) is 0 Å². The molecule has 1 unspecified atom stereocenters. The Kier molecular flexibility index (Phi) is 3.16. The van der Waals surface area contributed by atoms with Crippen LogP contribution in [0.2, 0.25) is 0 Å². The fraction of sp³-hybridized carbons (Fsp3) is 0.500. The molecule has 0 bridgehead atoms. The van der Waals surface area contributed by atoms with E-state index in [2.05, 4.69) is 15.9 Å². The molecule has 0 saturated heterocycles. The molecule has 1 atom stereocenters. The lowest BCUT2D eigenvalue weighted by Gasteiger charge is -2.24. The lowest BCUT2D eigenvalue weighted by atomic mass is 9.88. The second kappa shape index (κ2) is 4.21. The quantitative estimate of drug-likeness (QED) is 0.871. The second-order valence-corrected chi connectivity index (χ2v) is 5.36. The summed E-state index contributed by atoms with van der Waals surface area (Å²) in [5.41, 5.74) is 5.68. The fourth-order valence-corrected chi connectivity index (χ4v) is 2.69. The standard InChI is InChI=1S/C12H14BrF2NO/c1-6(16)12(3-4-12)9-10(15)7(13)5-8(14)11(9)17-2/h5-6H,3-4,16H2,1-2H3. The number of methoxy groups -OCH3 is 1. The van der Waals surface area contributed by atoms with Gasteiger partial charge in [0.15, 0.2) is 11.6 Å². The maximum Gasteiger partial charge on any atom is 0.166 e. The van der Waals surface area contributed by atoms with Crippen LogP contribution < -0.4 is 10.5 Å². The molecule has 1 aromatic rings. The van der Waals surface area contributed by atoms with Crippen molar-refractivity contribution in [1.82, 2.24) is 0 Å². The molecule has 1 fully saturated rings. The molecular weight excluding hydrogens is 292 g/mol. The molecular formula is C12H14BrF2NO. The van der Waals surface area contributed by atoms with E-state index in [1.165, 1.54) is 7.11 Å². The maximum absolute atomic E-state index is 14.2. The van der Waals surface area contributed by atoms with Gasteiger partial charge in [0.05, 0.1) is 11.6 Å². The predicted octanol–water partition coefficient (Wildman–Crippen LogP) is 3.11. The number of nitrogens with two attached hydrogens (primary N) is 1. The van der Waals surface area contributed by atoms with Crippen molar-refractivity contribution in [3.8, 4) is 5.75 Å². The summed E-state index contributed by atoms with van der Waals surface area (Å²) in [4.78, 5) is 0. The van der Waals surface area contributed by atoms with Crippen LogP contribution in [0.5, 0.6) is 5.75 Å². The van der Waals surface area contributed by atoms with E-state index in [0.29, 0.717) is 0 Å². The molecule has 0 aromatic heterocycles. The van der Waals surface area contributed by atoms with Crippen LogP contribution in [-0.2, 0) is 5.41 Å². The van der Waals surface area contributed by atoms with Gasteiger partial charge in [-0.15, -0.1) is 0 Å². The van der Waals surface area contributed by atoms with Gasteiger partial charge in [0.2, 0.25) is 0 Å². The zero-order chi connectivity index (χ0) is 12.8. The molecule has 0 aliphatic heterocycles. The van der Waals surface area contributed by atoms with Crippen LogP contribution in [0.1, 0.15) is 25.3 Å². The number of hydrogen-bond acceptors (Lipinski definition) is 2.